The molecule has 2 N–H and O–H groups in total. The van der Waals surface area contributed by atoms with Crippen molar-refractivity contribution in [3.05, 3.63) is 0 Å². The number of alkyl carbamates (subject to hydrolysis) is 2. The molecule has 0 aliphatic carbocycles. The van der Waals surface area contributed by atoms with Gasteiger partial charge in [0.1, 0.15) is 11.2 Å². The standard InChI is InChI=1S/C18H36N2O10S2/c1-17(2,3)27-15(21)19-11-13(29-31(7,23)24)9-10-14(30-32(8,25)26)12-20-16(22)28-18(4,5)6/h13-14H,9-12H2,1-8H3,(H,19,21)(H,20,22)/t13-,14+. The third-order valence-electron chi connectivity index (χ3n) is 3.18. The van der Waals surface area contributed by atoms with E-state index in [1.54, 1.807) is 41.5 Å². The van der Waals surface area contributed by atoms with Gasteiger partial charge in [-0.25, -0.2) is 9.59 Å². The maximum absolute atomic E-state index is 11.8. The Morgan fingerprint density at radius 1 is 0.688 bits per heavy atom. The summed E-state index contributed by atoms with van der Waals surface area (Å²) < 4.78 is 66.4. The van der Waals surface area contributed by atoms with Crippen molar-refractivity contribution in [2.75, 3.05) is 25.6 Å². The van der Waals surface area contributed by atoms with E-state index in [1.807, 2.05) is 0 Å². The molecule has 12 nitrogen and oxygen atoms in total. The van der Waals surface area contributed by atoms with E-state index in [-0.39, 0.29) is 25.9 Å². The molecule has 0 saturated heterocycles. The second kappa shape index (κ2) is 12.0. The molecular weight excluding hydrogens is 468 g/mol. The van der Waals surface area contributed by atoms with E-state index in [4.69, 9.17) is 17.8 Å². The second-order valence-electron chi connectivity index (χ2n) is 9.19. The van der Waals surface area contributed by atoms with Gasteiger partial charge in [0.2, 0.25) is 0 Å². The number of nitrogens with one attached hydrogen (secondary N) is 2. The summed E-state index contributed by atoms with van der Waals surface area (Å²) in [4.78, 5) is 23.7. The summed E-state index contributed by atoms with van der Waals surface area (Å²) in [6.07, 6.45) is -1.91. The first-order valence-corrected chi connectivity index (χ1v) is 13.5. The number of carbonyl (C=O) groups is 2. The van der Waals surface area contributed by atoms with Gasteiger partial charge in [-0.2, -0.15) is 16.8 Å². The Kier molecular flexibility index (Phi) is 11.4. The molecule has 2 atom stereocenters. The van der Waals surface area contributed by atoms with Gasteiger partial charge in [0.05, 0.1) is 24.7 Å². The van der Waals surface area contributed by atoms with E-state index in [2.05, 4.69) is 10.6 Å². The monoisotopic (exact) mass is 504 g/mol. The van der Waals surface area contributed by atoms with E-state index in [0.29, 0.717) is 0 Å². The molecule has 0 bridgehead atoms. The van der Waals surface area contributed by atoms with Gasteiger partial charge in [0.15, 0.2) is 0 Å². The molecule has 0 aromatic carbocycles. The van der Waals surface area contributed by atoms with Crippen molar-refractivity contribution in [3.8, 4) is 0 Å². The molecule has 0 heterocycles. The average Bonchev–Trinajstić information content (AvgIpc) is 2.49. The molecule has 32 heavy (non-hydrogen) atoms. The fourth-order valence-corrected chi connectivity index (χ4v) is 3.57. The van der Waals surface area contributed by atoms with Gasteiger partial charge in [-0.3, -0.25) is 8.37 Å². The van der Waals surface area contributed by atoms with Crippen LogP contribution in [0, 0.1) is 0 Å². The zero-order valence-corrected chi connectivity index (χ0v) is 21.5. The van der Waals surface area contributed by atoms with Gasteiger partial charge in [-0.1, -0.05) is 0 Å². The lowest BCUT2D eigenvalue weighted by molar-refractivity contribution is 0.0472. The number of hydrogen-bond donors (Lipinski definition) is 2. The molecule has 0 fully saturated rings. The van der Waals surface area contributed by atoms with Crippen LogP contribution in [0.1, 0.15) is 54.4 Å². The first-order valence-electron chi connectivity index (χ1n) is 9.85. The zero-order valence-electron chi connectivity index (χ0n) is 19.9. The summed E-state index contributed by atoms with van der Waals surface area (Å²) in [5, 5.41) is 4.82. The lowest BCUT2D eigenvalue weighted by Crippen LogP contribution is -2.40. The molecule has 14 heteroatoms. The van der Waals surface area contributed by atoms with Gasteiger partial charge in [0, 0.05) is 13.1 Å². The predicted molar refractivity (Wildman–Crippen MR) is 117 cm³/mol. The molecule has 190 valence electrons. The number of carbonyl (C=O) groups excluding carboxylic acids is 2. The van der Waals surface area contributed by atoms with Crippen LogP contribution < -0.4 is 10.6 Å². The van der Waals surface area contributed by atoms with Gasteiger partial charge in [-0.05, 0) is 54.4 Å². The molecule has 0 aromatic rings. The number of hydrogen-bond acceptors (Lipinski definition) is 10. The fraction of sp³-hybridized carbons (Fsp3) is 0.889. The smallest absolute Gasteiger partial charge is 0.407 e. The summed E-state index contributed by atoms with van der Waals surface area (Å²) >= 11 is 0. The summed E-state index contributed by atoms with van der Waals surface area (Å²) in [6.45, 7) is 9.58. The Labute approximate surface area is 190 Å². The minimum absolute atomic E-state index is 0.0148. The van der Waals surface area contributed by atoms with Crippen LogP contribution in [0.15, 0.2) is 0 Å². The van der Waals surface area contributed by atoms with Crippen molar-refractivity contribution < 1.29 is 44.3 Å². The molecule has 0 radical (unpaired) electrons. The van der Waals surface area contributed by atoms with Crippen LogP contribution in [0.25, 0.3) is 0 Å². The Balaban J connectivity index is 5.11. The van der Waals surface area contributed by atoms with Crippen molar-refractivity contribution in [2.24, 2.45) is 0 Å². The highest BCUT2D eigenvalue weighted by molar-refractivity contribution is 7.86. The summed E-state index contributed by atoms with van der Waals surface area (Å²) in [7, 11) is -7.75. The van der Waals surface area contributed by atoms with Crippen molar-refractivity contribution in [1.29, 1.82) is 0 Å². The summed E-state index contributed by atoms with van der Waals surface area (Å²) in [6, 6.07) is 0. The van der Waals surface area contributed by atoms with E-state index in [1.165, 1.54) is 0 Å². The number of rotatable bonds is 11. The lowest BCUT2D eigenvalue weighted by Gasteiger charge is -2.24. The Bertz CT molecular complexity index is 757. The maximum atomic E-state index is 11.8. The van der Waals surface area contributed by atoms with Crippen molar-refractivity contribution >= 4 is 32.4 Å². The average molecular weight is 505 g/mol. The zero-order chi connectivity index (χ0) is 25.4. The normalized spacial score (nSPS) is 14.9. The third kappa shape index (κ3) is 19.1. The molecule has 0 aliphatic heterocycles. The minimum Gasteiger partial charge on any atom is -0.444 e. The summed E-state index contributed by atoms with van der Waals surface area (Å²) in [5.41, 5.74) is -1.50. The van der Waals surface area contributed by atoms with Gasteiger partial charge in [-0.15, -0.1) is 0 Å². The quantitative estimate of drug-likeness (QED) is 0.394. The number of ether oxygens (including phenoxy) is 2. The van der Waals surface area contributed by atoms with Crippen LogP contribution >= 0.6 is 0 Å². The largest absolute Gasteiger partial charge is 0.444 e. The topological polar surface area (TPSA) is 163 Å². The van der Waals surface area contributed by atoms with Crippen LogP contribution in [0.5, 0.6) is 0 Å². The maximum Gasteiger partial charge on any atom is 0.407 e. The van der Waals surface area contributed by atoms with Crippen molar-refractivity contribution in [3.63, 3.8) is 0 Å². The predicted octanol–water partition coefficient (Wildman–Crippen LogP) is 1.51. The van der Waals surface area contributed by atoms with E-state index >= 15 is 0 Å². The van der Waals surface area contributed by atoms with Crippen molar-refractivity contribution in [2.45, 2.75) is 77.8 Å². The molecule has 0 rings (SSSR count). The van der Waals surface area contributed by atoms with Crippen LogP contribution in [0.2, 0.25) is 0 Å². The SMILES string of the molecule is CC(C)(C)OC(=O)NC[C@@H](CC[C@@H](CNC(=O)OC(C)(C)C)OS(C)(=O)=O)OS(C)(=O)=O. The van der Waals surface area contributed by atoms with Crippen LogP contribution in [-0.4, -0.2) is 78.0 Å². The molecule has 0 unspecified atom stereocenters. The first-order chi connectivity index (χ1) is 14.2. The Morgan fingerprint density at radius 3 is 1.19 bits per heavy atom. The van der Waals surface area contributed by atoms with Crippen LogP contribution in [0.3, 0.4) is 0 Å². The van der Waals surface area contributed by atoms with Gasteiger partial charge in [0.25, 0.3) is 20.2 Å². The van der Waals surface area contributed by atoms with Gasteiger partial charge < -0.3 is 20.1 Å². The number of amides is 2. The van der Waals surface area contributed by atoms with E-state index < -0.39 is 55.8 Å². The van der Waals surface area contributed by atoms with Crippen LogP contribution in [-0.2, 0) is 38.1 Å². The molecule has 0 aromatic heterocycles. The van der Waals surface area contributed by atoms with E-state index in [0.717, 1.165) is 12.5 Å². The minimum atomic E-state index is -3.88. The highest BCUT2D eigenvalue weighted by Gasteiger charge is 2.24. The van der Waals surface area contributed by atoms with Crippen molar-refractivity contribution in [1.82, 2.24) is 10.6 Å². The highest BCUT2D eigenvalue weighted by Crippen LogP contribution is 2.13. The Morgan fingerprint density at radius 2 is 0.969 bits per heavy atom. The molecular formula is C18H36N2O10S2. The molecule has 0 spiro atoms. The fourth-order valence-electron chi connectivity index (χ4n) is 2.26. The second-order valence-corrected chi connectivity index (χ2v) is 12.4. The third-order valence-corrected chi connectivity index (χ3v) is 4.42. The first kappa shape index (κ1) is 30.4. The molecule has 2 amide bonds. The molecule has 0 saturated carbocycles. The lowest BCUT2D eigenvalue weighted by atomic mass is 10.1. The molecule has 0 aliphatic rings. The Hall–Kier alpha value is -1.64. The summed E-state index contributed by atoms with van der Waals surface area (Å²) in [5.74, 6) is 0. The van der Waals surface area contributed by atoms with E-state index in [9.17, 15) is 26.4 Å². The highest BCUT2D eigenvalue weighted by atomic mass is 32.2. The van der Waals surface area contributed by atoms with Gasteiger partial charge >= 0.3 is 12.2 Å². The van der Waals surface area contributed by atoms with Crippen LogP contribution in [0.4, 0.5) is 9.59 Å².